The van der Waals surface area contributed by atoms with Crippen molar-refractivity contribution in [3.8, 4) is 0 Å². The van der Waals surface area contributed by atoms with Crippen LogP contribution < -0.4 is 10.6 Å². The first-order valence-corrected chi connectivity index (χ1v) is 7.82. The third kappa shape index (κ3) is 6.09. The van der Waals surface area contributed by atoms with Gasteiger partial charge >= 0.3 is 0 Å². The van der Waals surface area contributed by atoms with Crippen molar-refractivity contribution in [2.45, 2.75) is 58.9 Å². The lowest BCUT2D eigenvalue weighted by atomic mass is 10.1. The molecule has 3 nitrogen and oxygen atoms in total. The van der Waals surface area contributed by atoms with Crippen LogP contribution in [0.3, 0.4) is 0 Å². The van der Waals surface area contributed by atoms with E-state index in [9.17, 15) is 4.79 Å². The van der Waals surface area contributed by atoms with E-state index in [2.05, 4.69) is 31.4 Å². The van der Waals surface area contributed by atoms with Gasteiger partial charge in [-0.25, -0.2) is 0 Å². The van der Waals surface area contributed by atoms with Crippen LogP contribution in [0, 0.1) is 0 Å². The van der Waals surface area contributed by atoms with Gasteiger partial charge in [-0.1, -0.05) is 33.1 Å². The third-order valence-electron chi connectivity index (χ3n) is 3.34. The molecule has 0 bridgehead atoms. The van der Waals surface area contributed by atoms with E-state index >= 15 is 0 Å². The predicted molar refractivity (Wildman–Crippen MR) is 86.3 cm³/mol. The maximum absolute atomic E-state index is 12.1. The average molecular weight is 276 g/mol. The van der Waals surface area contributed by atoms with Crippen molar-refractivity contribution >= 4 is 11.6 Å². The summed E-state index contributed by atoms with van der Waals surface area (Å²) in [4.78, 5) is 12.1. The van der Waals surface area contributed by atoms with Crippen LogP contribution in [0.4, 0.5) is 5.69 Å². The number of benzene rings is 1. The monoisotopic (exact) mass is 276 g/mol. The zero-order valence-corrected chi connectivity index (χ0v) is 13.0. The molecular formula is C17H28N2O. The molecule has 0 saturated heterocycles. The second-order valence-electron chi connectivity index (χ2n) is 5.37. The molecule has 0 saturated carbocycles. The summed E-state index contributed by atoms with van der Waals surface area (Å²) in [6, 6.07) is 7.93. The average Bonchev–Trinajstić information content (AvgIpc) is 2.46. The van der Waals surface area contributed by atoms with E-state index in [0.29, 0.717) is 0 Å². The van der Waals surface area contributed by atoms with Gasteiger partial charge in [0.15, 0.2) is 0 Å². The molecule has 3 heteroatoms. The smallest absolute Gasteiger partial charge is 0.251 e. The molecule has 0 aliphatic rings. The summed E-state index contributed by atoms with van der Waals surface area (Å²) < 4.78 is 0. The number of hydrogen-bond donors (Lipinski definition) is 2. The summed E-state index contributed by atoms with van der Waals surface area (Å²) in [6.07, 6.45) is 5.77. The van der Waals surface area contributed by atoms with Crippen molar-refractivity contribution in [1.82, 2.24) is 5.32 Å². The summed E-state index contributed by atoms with van der Waals surface area (Å²) in [5.41, 5.74) is 1.80. The van der Waals surface area contributed by atoms with Gasteiger partial charge in [0.2, 0.25) is 0 Å². The van der Waals surface area contributed by atoms with Crippen molar-refractivity contribution in [2.24, 2.45) is 0 Å². The molecule has 1 unspecified atom stereocenters. The topological polar surface area (TPSA) is 41.1 Å². The van der Waals surface area contributed by atoms with Crippen molar-refractivity contribution < 1.29 is 4.79 Å². The Kier molecular flexibility index (Phi) is 7.78. The molecule has 1 rings (SSSR count). The number of nitrogens with one attached hydrogen (secondary N) is 2. The summed E-state index contributed by atoms with van der Waals surface area (Å²) in [7, 11) is 0. The molecule has 0 fully saturated rings. The van der Waals surface area contributed by atoms with Crippen molar-refractivity contribution in [3.63, 3.8) is 0 Å². The molecule has 1 atom stereocenters. The molecule has 0 aromatic heterocycles. The van der Waals surface area contributed by atoms with Gasteiger partial charge in [0.1, 0.15) is 0 Å². The summed E-state index contributed by atoms with van der Waals surface area (Å²) >= 11 is 0. The highest BCUT2D eigenvalue weighted by molar-refractivity contribution is 5.94. The zero-order valence-electron chi connectivity index (χ0n) is 13.0. The molecule has 1 aromatic rings. The Balaban J connectivity index is 2.42. The fraction of sp³-hybridized carbons (Fsp3) is 0.588. The van der Waals surface area contributed by atoms with Crippen molar-refractivity contribution in [3.05, 3.63) is 29.8 Å². The molecule has 20 heavy (non-hydrogen) atoms. The van der Waals surface area contributed by atoms with E-state index in [-0.39, 0.29) is 11.9 Å². The lowest BCUT2D eigenvalue weighted by Gasteiger charge is -2.14. The first-order valence-electron chi connectivity index (χ1n) is 7.82. The zero-order chi connectivity index (χ0) is 14.8. The summed E-state index contributed by atoms with van der Waals surface area (Å²) in [6.45, 7) is 7.36. The molecule has 0 heterocycles. The number of hydrogen-bond acceptors (Lipinski definition) is 2. The van der Waals surface area contributed by atoms with Gasteiger partial charge in [0.25, 0.3) is 5.91 Å². The lowest BCUT2D eigenvalue weighted by molar-refractivity contribution is 0.0938. The van der Waals surface area contributed by atoms with Crippen LogP contribution in [0.5, 0.6) is 0 Å². The highest BCUT2D eigenvalue weighted by Gasteiger charge is 2.09. The number of unbranched alkanes of at least 4 members (excludes halogenated alkanes) is 2. The number of anilines is 1. The lowest BCUT2D eigenvalue weighted by Crippen LogP contribution is -2.32. The second-order valence-corrected chi connectivity index (χ2v) is 5.37. The van der Waals surface area contributed by atoms with Crippen LogP contribution in [0.2, 0.25) is 0 Å². The Morgan fingerprint density at radius 1 is 1.10 bits per heavy atom. The van der Waals surface area contributed by atoms with E-state index in [1.165, 1.54) is 19.3 Å². The number of carbonyl (C=O) groups excluding carboxylic acids is 1. The van der Waals surface area contributed by atoms with Gasteiger partial charge in [0.05, 0.1) is 0 Å². The van der Waals surface area contributed by atoms with Crippen LogP contribution >= 0.6 is 0 Å². The van der Waals surface area contributed by atoms with Crippen molar-refractivity contribution in [1.29, 1.82) is 0 Å². The molecule has 1 aromatic carbocycles. The molecule has 0 aliphatic heterocycles. The van der Waals surface area contributed by atoms with Gasteiger partial charge in [0, 0.05) is 23.8 Å². The fourth-order valence-electron chi connectivity index (χ4n) is 2.09. The van der Waals surface area contributed by atoms with Crippen LogP contribution in [0.25, 0.3) is 0 Å². The first-order chi connectivity index (χ1) is 9.67. The molecule has 2 N–H and O–H groups in total. The Morgan fingerprint density at radius 3 is 2.40 bits per heavy atom. The normalized spacial score (nSPS) is 11.9. The van der Waals surface area contributed by atoms with Gasteiger partial charge in [-0.05, 0) is 44.0 Å². The van der Waals surface area contributed by atoms with E-state index in [0.717, 1.165) is 30.6 Å². The van der Waals surface area contributed by atoms with Crippen LogP contribution in [0.1, 0.15) is 63.2 Å². The maximum atomic E-state index is 12.1. The van der Waals surface area contributed by atoms with E-state index in [4.69, 9.17) is 0 Å². The van der Waals surface area contributed by atoms with Crippen LogP contribution in [-0.2, 0) is 0 Å². The predicted octanol–water partition coefficient (Wildman–Crippen LogP) is 4.21. The quantitative estimate of drug-likeness (QED) is 0.663. The minimum atomic E-state index is 0.0241. The van der Waals surface area contributed by atoms with Crippen LogP contribution in [0.15, 0.2) is 24.3 Å². The number of rotatable bonds is 9. The first kappa shape index (κ1) is 16.5. The van der Waals surface area contributed by atoms with Crippen LogP contribution in [-0.4, -0.2) is 18.5 Å². The minimum Gasteiger partial charge on any atom is -0.385 e. The SMILES string of the molecule is CCCCCC(C)NC(=O)c1ccc(NCCC)cc1. The van der Waals surface area contributed by atoms with Gasteiger partial charge < -0.3 is 10.6 Å². The van der Waals surface area contributed by atoms with Gasteiger partial charge in [-0.2, -0.15) is 0 Å². The van der Waals surface area contributed by atoms with Gasteiger partial charge in [-0.15, -0.1) is 0 Å². The second kappa shape index (κ2) is 9.40. The molecular weight excluding hydrogens is 248 g/mol. The Labute approximate surface area is 123 Å². The molecule has 0 radical (unpaired) electrons. The maximum Gasteiger partial charge on any atom is 0.251 e. The summed E-state index contributed by atoms with van der Waals surface area (Å²) in [5, 5.41) is 6.36. The minimum absolute atomic E-state index is 0.0241. The van der Waals surface area contributed by atoms with E-state index < -0.39 is 0 Å². The molecule has 0 spiro atoms. The largest absolute Gasteiger partial charge is 0.385 e. The fourth-order valence-corrected chi connectivity index (χ4v) is 2.09. The van der Waals surface area contributed by atoms with Crippen molar-refractivity contribution in [2.75, 3.05) is 11.9 Å². The number of amides is 1. The number of carbonyl (C=O) groups is 1. The molecule has 1 amide bonds. The van der Waals surface area contributed by atoms with Gasteiger partial charge in [-0.3, -0.25) is 4.79 Å². The van der Waals surface area contributed by atoms with E-state index in [1.807, 2.05) is 24.3 Å². The Hall–Kier alpha value is -1.51. The molecule has 112 valence electrons. The van der Waals surface area contributed by atoms with E-state index in [1.54, 1.807) is 0 Å². The molecule has 0 aliphatic carbocycles. The Bertz CT molecular complexity index is 386. The summed E-state index contributed by atoms with van der Waals surface area (Å²) in [5.74, 6) is 0.0241. The highest BCUT2D eigenvalue weighted by Crippen LogP contribution is 2.10. The highest BCUT2D eigenvalue weighted by atomic mass is 16.1. The Morgan fingerprint density at radius 2 is 1.80 bits per heavy atom. The third-order valence-corrected chi connectivity index (χ3v) is 3.34. The standard InChI is InChI=1S/C17H28N2O/c1-4-6-7-8-14(3)19-17(20)15-9-11-16(12-10-15)18-13-5-2/h9-12,14,18H,4-8,13H2,1-3H3,(H,19,20).